The van der Waals surface area contributed by atoms with Crippen LogP contribution in [0.25, 0.3) is 0 Å². The van der Waals surface area contributed by atoms with Crippen LogP contribution in [-0.4, -0.2) is 0 Å². The molecular weight excluding hydrogens is 152 g/mol. The molecule has 0 aliphatic carbocycles. The molecule has 41 valence electrons. The van der Waals surface area contributed by atoms with Gasteiger partial charge in [-0.1, -0.05) is 25.8 Å². The maximum absolute atomic E-state index is 3.07. The minimum atomic E-state index is 1.15. The summed E-state index contributed by atoms with van der Waals surface area (Å²) in [5, 5.41) is 0. The maximum atomic E-state index is 3.07. The van der Waals surface area contributed by atoms with Crippen molar-refractivity contribution < 1.29 is 0 Å². The van der Waals surface area contributed by atoms with E-state index in [0.717, 1.165) is 6.42 Å². The van der Waals surface area contributed by atoms with Gasteiger partial charge in [0, 0.05) is 4.99 Å². The van der Waals surface area contributed by atoms with Gasteiger partial charge in [-0.15, -0.1) is 0 Å². The summed E-state index contributed by atoms with van der Waals surface area (Å²) in [5.41, 5.74) is 0. The Labute approximate surface area is 53.7 Å². The number of rotatable bonds is 3. The second-order valence-corrected chi connectivity index (χ2v) is 1.91. The average Bonchev–Trinajstić information content (AvgIpc) is 1.69. The topological polar surface area (TPSA) is 0 Å². The molecule has 0 aliphatic rings. The Bertz CT molecular complexity index is 48.1. The van der Waals surface area contributed by atoms with Crippen LogP contribution in [0.3, 0.4) is 0 Å². The standard InChI is InChI=1S/C6H10Br/c1-2-3-4-5-6-7/h5H,2-4H2,1H3. The highest BCUT2D eigenvalue weighted by Gasteiger charge is 1.73. The summed E-state index contributed by atoms with van der Waals surface area (Å²) in [6, 6.07) is 0. The van der Waals surface area contributed by atoms with Gasteiger partial charge in [-0.25, -0.2) is 0 Å². The van der Waals surface area contributed by atoms with E-state index in [-0.39, 0.29) is 0 Å². The molecule has 0 aromatic rings. The van der Waals surface area contributed by atoms with E-state index in [1.165, 1.54) is 12.8 Å². The van der Waals surface area contributed by atoms with Gasteiger partial charge in [-0.2, -0.15) is 0 Å². The van der Waals surface area contributed by atoms with E-state index in [9.17, 15) is 0 Å². The van der Waals surface area contributed by atoms with Crippen LogP contribution < -0.4 is 0 Å². The zero-order valence-corrected chi connectivity index (χ0v) is 6.16. The lowest BCUT2D eigenvalue weighted by Crippen LogP contribution is -1.63. The van der Waals surface area contributed by atoms with Crippen LogP contribution in [0.15, 0.2) is 6.08 Å². The summed E-state index contributed by atoms with van der Waals surface area (Å²) < 4.78 is 0. The number of unbranched alkanes of at least 4 members (excludes halogenated alkanes) is 2. The molecule has 0 fully saturated rings. The molecule has 0 atom stereocenters. The lowest BCUT2D eigenvalue weighted by Gasteiger charge is -1.82. The van der Waals surface area contributed by atoms with E-state index in [0.29, 0.717) is 0 Å². The molecule has 0 rings (SSSR count). The van der Waals surface area contributed by atoms with Gasteiger partial charge < -0.3 is 0 Å². The molecule has 0 unspecified atom stereocenters. The fourth-order valence-electron chi connectivity index (χ4n) is 0.361. The number of hydrogen-bond donors (Lipinski definition) is 0. The molecule has 7 heavy (non-hydrogen) atoms. The third-order valence-corrected chi connectivity index (χ3v) is 1.10. The van der Waals surface area contributed by atoms with Crippen molar-refractivity contribution in [1.82, 2.24) is 0 Å². The molecule has 0 bridgehead atoms. The summed E-state index contributed by atoms with van der Waals surface area (Å²) in [6.07, 6.45) is 5.70. The predicted octanol–water partition coefficient (Wildman–Crippen LogP) is 2.89. The molecule has 0 heterocycles. The summed E-state index contributed by atoms with van der Waals surface area (Å²) in [5.74, 6) is 0. The zero-order valence-electron chi connectivity index (χ0n) is 4.58. The van der Waals surface area contributed by atoms with Crippen molar-refractivity contribution in [1.29, 1.82) is 0 Å². The third-order valence-electron chi connectivity index (χ3n) is 0.779. The lowest BCUT2D eigenvalue weighted by molar-refractivity contribution is 0.815. The predicted molar refractivity (Wildman–Crippen MR) is 36.3 cm³/mol. The molecule has 0 amide bonds. The maximum Gasteiger partial charge on any atom is 0.0274 e. The third kappa shape index (κ3) is 6.22. The van der Waals surface area contributed by atoms with Gasteiger partial charge in [-0.3, -0.25) is 0 Å². The highest BCUT2D eigenvalue weighted by Crippen LogP contribution is 1.95. The van der Waals surface area contributed by atoms with Gasteiger partial charge >= 0.3 is 0 Å². The molecular formula is C6H10Br. The molecule has 0 saturated carbocycles. The van der Waals surface area contributed by atoms with E-state index in [2.05, 4.69) is 27.8 Å². The highest BCUT2D eigenvalue weighted by atomic mass is 79.9. The van der Waals surface area contributed by atoms with Crippen molar-refractivity contribution in [3.05, 3.63) is 11.1 Å². The first kappa shape index (κ1) is 7.22. The minimum absolute atomic E-state index is 1.15. The van der Waals surface area contributed by atoms with Crippen molar-refractivity contribution in [2.24, 2.45) is 0 Å². The smallest absolute Gasteiger partial charge is 0.0274 e. The van der Waals surface area contributed by atoms with Gasteiger partial charge in [0.05, 0.1) is 0 Å². The van der Waals surface area contributed by atoms with Crippen molar-refractivity contribution in [2.75, 3.05) is 0 Å². The first-order chi connectivity index (χ1) is 3.41. The summed E-state index contributed by atoms with van der Waals surface area (Å²) in [4.78, 5) is 2.79. The Morgan fingerprint density at radius 2 is 2.43 bits per heavy atom. The van der Waals surface area contributed by atoms with Crippen LogP contribution in [0, 0.1) is 4.99 Å². The number of allylic oxidation sites excluding steroid dienone is 1. The fraction of sp³-hybridized carbons (Fsp3) is 0.667. The van der Waals surface area contributed by atoms with Crippen LogP contribution in [0.4, 0.5) is 0 Å². The van der Waals surface area contributed by atoms with Crippen LogP contribution in [0.5, 0.6) is 0 Å². The molecule has 1 heteroatoms. The van der Waals surface area contributed by atoms with Gasteiger partial charge in [0.1, 0.15) is 0 Å². The van der Waals surface area contributed by atoms with E-state index in [4.69, 9.17) is 0 Å². The average molecular weight is 162 g/mol. The molecule has 0 nitrogen and oxygen atoms in total. The Hall–Kier alpha value is 0.220. The van der Waals surface area contributed by atoms with E-state index in [1.54, 1.807) is 0 Å². The number of hydrogen-bond acceptors (Lipinski definition) is 0. The highest BCUT2D eigenvalue weighted by molar-refractivity contribution is 9.10. The molecule has 0 aromatic heterocycles. The summed E-state index contributed by atoms with van der Waals surface area (Å²) in [7, 11) is 0. The first-order valence-corrected chi connectivity index (χ1v) is 3.39. The van der Waals surface area contributed by atoms with Crippen LogP contribution in [-0.2, 0) is 0 Å². The second kappa shape index (κ2) is 6.22. The summed E-state index contributed by atoms with van der Waals surface area (Å²) >= 11 is 3.07. The molecule has 0 spiro atoms. The number of halogens is 1. The summed E-state index contributed by atoms with van der Waals surface area (Å²) in [6.45, 7) is 2.18. The zero-order chi connectivity index (χ0) is 5.54. The van der Waals surface area contributed by atoms with Crippen molar-refractivity contribution >= 4 is 15.9 Å². The van der Waals surface area contributed by atoms with Crippen LogP contribution in [0.2, 0.25) is 0 Å². The Kier molecular flexibility index (Phi) is 6.42. The second-order valence-electron chi connectivity index (χ2n) is 1.46. The van der Waals surface area contributed by atoms with E-state index >= 15 is 0 Å². The van der Waals surface area contributed by atoms with Crippen molar-refractivity contribution in [3.8, 4) is 0 Å². The largest absolute Gasteiger partial charge is 0.0691 e. The molecule has 0 aliphatic heterocycles. The van der Waals surface area contributed by atoms with Crippen LogP contribution >= 0.6 is 15.9 Å². The van der Waals surface area contributed by atoms with E-state index in [1.807, 2.05) is 6.08 Å². The minimum Gasteiger partial charge on any atom is -0.0691 e. The van der Waals surface area contributed by atoms with Crippen molar-refractivity contribution in [3.63, 3.8) is 0 Å². The molecule has 0 saturated heterocycles. The fourth-order valence-corrected chi connectivity index (χ4v) is 0.590. The normalized spacial score (nSPS) is 10.6. The first-order valence-electron chi connectivity index (χ1n) is 2.59. The SMILES string of the molecule is CCCCC=[C]Br. The molecule has 1 radical (unpaired) electrons. The van der Waals surface area contributed by atoms with Gasteiger partial charge in [-0.05, 0) is 22.4 Å². The Morgan fingerprint density at radius 3 is 2.86 bits per heavy atom. The lowest BCUT2D eigenvalue weighted by atomic mass is 10.3. The van der Waals surface area contributed by atoms with Crippen molar-refractivity contribution in [2.45, 2.75) is 26.2 Å². The van der Waals surface area contributed by atoms with Gasteiger partial charge in [0.2, 0.25) is 0 Å². The van der Waals surface area contributed by atoms with E-state index < -0.39 is 0 Å². The van der Waals surface area contributed by atoms with Gasteiger partial charge in [0.25, 0.3) is 0 Å². The van der Waals surface area contributed by atoms with Crippen LogP contribution in [0.1, 0.15) is 26.2 Å². The Morgan fingerprint density at radius 1 is 1.71 bits per heavy atom. The quantitative estimate of drug-likeness (QED) is 0.559. The monoisotopic (exact) mass is 161 g/mol. The Balaban J connectivity index is 2.69. The molecule has 0 aromatic carbocycles. The molecule has 0 N–H and O–H groups in total. The van der Waals surface area contributed by atoms with Gasteiger partial charge in [0.15, 0.2) is 0 Å².